The first kappa shape index (κ1) is 13.5. The molecule has 0 heterocycles. The van der Waals surface area contributed by atoms with Crippen molar-refractivity contribution in [3.8, 4) is 0 Å². The van der Waals surface area contributed by atoms with Crippen LogP contribution in [0.5, 0.6) is 0 Å². The van der Waals surface area contributed by atoms with E-state index in [-0.39, 0.29) is 1.43 Å². The van der Waals surface area contributed by atoms with E-state index in [0.29, 0.717) is 12.3 Å². The molecular formula is C12H21N3. The fourth-order valence-corrected chi connectivity index (χ4v) is 1.03. The minimum atomic E-state index is 0. The summed E-state index contributed by atoms with van der Waals surface area (Å²) in [6.45, 7) is 2.34. The molecule has 15 heavy (non-hydrogen) atoms. The second-order valence-corrected chi connectivity index (χ2v) is 2.92. The van der Waals surface area contributed by atoms with Crippen LogP contribution in [-0.2, 0) is 0 Å². The molecule has 1 aromatic rings. The van der Waals surface area contributed by atoms with Crippen LogP contribution >= 0.6 is 0 Å². The van der Waals surface area contributed by atoms with Gasteiger partial charge in [0.15, 0.2) is 0 Å². The lowest BCUT2D eigenvalue weighted by molar-refractivity contribution is 1.28. The Bertz CT molecular complexity index is 335. The van der Waals surface area contributed by atoms with Crippen molar-refractivity contribution in [2.45, 2.75) is 6.92 Å². The molecule has 0 aromatic heterocycles. The van der Waals surface area contributed by atoms with Crippen molar-refractivity contribution in [2.75, 3.05) is 13.6 Å². The zero-order chi connectivity index (χ0) is 11.7. The molecule has 3 heteroatoms. The molecule has 0 spiro atoms. The van der Waals surface area contributed by atoms with Gasteiger partial charge >= 0.3 is 0 Å². The van der Waals surface area contributed by atoms with Crippen LogP contribution < -0.4 is 11.5 Å². The molecule has 0 unspecified atom stereocenters. The molecule has 0 atom stereocenters. The van der Waals surface area contributed by atoms with Crippen LogP contribution in [0.15, 0.2) is 30.3 Å². The summed E-state index contributed by atoms with van der Waals surface area (Å²) in [7, 11) is 1.50. The summed E-state index contributed by atoms with van der Waals surface area (Å²) in [5.41, 5.74) is 12.6. The Kier molecular flexibility index (Phi) is 7.14. The number of benzene rings is 1. The first-order chi connectivity index (χ1) is 7.24. The fraction of sp³-hybridized carbons (Fsp3) is 0.250. The maximum Gasteiger partial charge on any atom is 0.0450 e. The first-order valence-electron chi connectivity index (χ1n) is 4.83. The number of aryl methyl sites for hydroxylation is 1. The van der Waals surface area contributed by atoms with Crippen LogP contribution in [0.3, 0.4) is 0 Å². The van der Waals surface area contributed by atoms with Gasteiger partial charge in [-0.2, -0.15) is 0 Å². The van der Waals surface area contributed by atoms with Gasteiger partial charge in [-0.1, -0.05) is 30.3 Å². The predicted octanol–water partition coefficient (Wildman–Crippen LogP) is 1.81. The van der Waals surface area contributed by atoms with E-state index in [9.17, 15) is 0 Å². The summed E-state index contributed by atoms with van der Waals surface area (Å²) in [4.78, 5) is 0. The van der Waals surface area contributed by atoms with Crippen LogP contribution in [0.25, 0.3) is 6.08 Å². The monoisotopic (exact) mass is 207 g/mol. The van der Waals surface area contributed by atoms with Gasteiger partial charge in [-0.15, -0.1) is 0 Å². The average molecular weight is 207 g/mol. The molecule has 0 aliphatic heterocycles. The van der Waals surface area contributed by atoms with Gasteiger partial charge in [0.2, 0.25) is 0 Å². The van der Waals surface area contributed by atoms with Crippen molar-refractivity contribution in [1.82, 2.24) is 0 Å². The number of nitrogens with one attached hydrogen (secondary N) is 1. The van der Waals surface area contributed by atoms with Crippen LogP contribution in [0, 0.1) is 12.3 Å². The molecule has 84 valence electrons. The molecule has 5 N–H and O–H groups in total. The second-order valence-electron chi connectivity index (χ2n) is 2.92. The lowest BCUT2D eigenvalue weighted by Crippen LogP contribution is -2.08. The maximum atomic E-state index is 7.35. The smallest absolute Gasteiger partial charge is 0.0450 e. The molecule has 0 aliphatic rings. The van der Waals surface area contributed by atoms with Crippen LogP contribution in [-0.4, -0.2) is 19.3 Å². The van der Waals surface area contributed by atoms with Crippen molar-refractivity contribution in [1.29, 1.82) is 5.41 Å². The van der Waals surface area contributed by atoms with Gasteiger partial charge in [0, 0.05) is 13.7 Å². The summed E-state index contributed by atoms with van der Waals surface area (Å²) in [5, 5.41) is 7.35. The highest BCUT2D eigenvalue weighted by atomic mass is 14.6. The summed E-state index contributed by atoms with van der Waals surface area (Å²) in [6.07, 6.45) is 3.66. The van der Waals surface area contributed by atoms with E-state index in [4.69, 9.17) is 11.1 Å². The van der Waals surface area contributed by atoms with Crippen molar-refractivity contribution in [3.05, 3.63) is 41.5 Å². The Morgan fingerprint density at radius 1 is 1.40 bits per heavy atom. The third-order valence-corrected chi connectivity index (χ3v) is 1.87. The van der Waals surface area contributed by atoms with E-state index < -0.39 is 0 Å². The van der Waals surface area contributed by atoms with Crippen LogP contribution in [0.1, 0.15) is 12.6 Å². The highest BCUT2D eigenvalue weighted by Crippen LogP contribution is 2.08. The number of hydrogen-bond donors (Lipinski definition) is 3. The Balaban J connectivity index is 0. The van der Waals surface area contributed by atoms with Gasteiger partial charge in [-0.05, 0) is 31.2 Å². The molecule has 0 fully saturated rings. The normalized spacial score (nSPS) is 9.60. The van der Waals surface area contributed by atoms with Crippen molar-refractivity contribution in [3.63, 3.8) is 0 Å². The molecule has 3 nitrogen and oxygen atoms in total. The predicted molar refractivity (Wildman–Crippen MR) is 69.2 cm³/mol. The zero-order valence-electron chi connectivity index (χ0n) is 9.33. The summed E-state index contributed by atoms with van der Waals surface area (Å²) >= 11 is 0. The van der Waals surface area contributed by atoms with Gasteiger partial charge in [-0.25, -0.2) is 0 Å². The van der Waals surface area contributed by atoms with Gasteiger partial charge in [0.25, 0.3) is 0 Å². The summed E-state index contributed by atoms with van der Waals surface area (Å²) in [6, 6.07) is 8.06. The number of rotatable bonds is 3. The van der Waals surface area contributed by atoms with Crippen molar-refractivity contribution < 1.29 is 1.43 Å². The molecule has 0 saturated heterocycles. The quantitative estimate of drug-likeness (QED) is 0.661. The highest BCUT2D eigenvalue weighted by Gasteiger charge is 1.91. The third kappa shape index (κ3) is 5.10. The van der Waals surface area contributed by atoms with Crippen molar-refractivity contribution >= 4 is 11.8 Å². The van der Waals surface area contributed by atoms with Gasteiger partial charge in [0.1, 0.15) is 0 Å². The molecule has 0 bridgehead atoms. The second kappa shape index (κ2) is 7.91. The van der Waals surface area contributed by atoms with Gasteiger partial charge < -0.3 is 16.9 Å². The summed E-state index contributed by atoms with van der Waals surface area (Å²) in [5.74, 6) is 0. The fourth-order valence-electron chi connectivity index (χ4n) is 1.03. The molecule has 0 saturated carbocycles. The molecule has 0 amide bonds. The Labute approximate surface area is 92.8 Å². The molecule has 1 aromatic carbocycles. The maximum absolute atomic E-state index is 7.35. The van der Waals surface area contributed by atoms with E-state index in [2.05, 4.69) is 5.73 Å². The molecule has 1 rings (SSSR count). The average Bonchev–Trinajstić information content (AvgIpc) is 2.30. The SMILES string of the molecule is CN.Cc1ccccc1/C=C/C(=N)CN.[HH]. The largest absolute Gasteiger partial charge is 0.333 e. The van der Waals surface area contributed by atoms with E-state index in [1.807, 2.05) is 37.3 Å². The van der Waals surface area contributed by atoms with Crippen LogP contribution in [0.4, 0.5) is 0 Å². The van der Waals surface area contributed by atoms with E-state index in [1.165, 1.54) is 12.6 Å². The number of nitrogens with two attached hydrogens (primary N) is 2. The van der Waals surface area contributed by atoms with E-state index in [1.54, 1.807) is 6.08 Å². The van der Waals surface area contributed by atoms with Crippen molar-refractivity contribution in [2.24, 2.45) is 11.5 Å². The Morgan fingerprint density at radius 2 is 2.00 bits per heavy atom. The standard InChI is InChI=1S/C11H14N2.CH5N.H2/c1-9-4-2-3-5-10(9)6-7-11(13)8-12;1-2;/h2-7,13H,8,12H2,1H3;2H2,1H3;1H/b7-6+,13-11?;;. The minimum Gasteiger partial charge on any atom is -0.333 e. The summed E-state index contributed by atoms with van der Waals surface area (Å²) < 4.78 is 0. The lowest BCUT2D eigenvalue weighted by atomic mass is 10.1. The zero-order valence-corrected chi connectivity index (χ0v) is 9.33. The minimum absolute atomic E-state index is 0. The van der Waals surface area contributed by atoms with E-state index >= 15 is 0 Å². The van der Waals surface area contributed by atoms with Gasteiger partial charge in [0.05, 0.1) is 0 Å². The molecular weight excluding hydrogens is 186 g/mol. The van der Waals surface area contributed by atoms with Gasteiger partial charge in [-0.3, -0.25) is 0 Å². The lowest BCUT2D eigenvalue weighted by Gasteiger charge is -1.98. The Hall–Kier alpha value is -1.45. The topological polar surface area (TPSA) is 75.9 Å². The van der Waals surface area contributed by atoms with E-state index in [0.717, 1.165) is 5.56 Å². The Morgan fingerprint density at radius 3 is 2.53 bits per heavy atom. The van der Waals surface area contributed by atoms with Crippen LogP contribution in [0.2, 0.25) is 0 Å². The first-order valence-corrected chi connectivity index (χ1v) is 4.83. The third-order valence-electron chi connectivity index (χ3n) is 1.87. The highest BCUT2D eigenvalue weighted by molar-refractivity contribution is 5.97. The molecule has 0 radical (unpaired) electrons. The molecule has 0 aliphatic carbocycles. The number of hydrogen-bond acceptors (Lipinski definition) is 3.